The molecule has 0 fully saturated rings. The van der Waals surface area contributed by atoms with E-state index in [0.717, 1.165) is 19.3 Å². The predicted octanol–water partition coefficient (Wildman–Crippen LogP) is 12.9. The van der Waals surface area contributed by atoms with Crippen molar-refractivity contribution >= 4 is 0 Å². The summed E-state index contributed by atoms with van der Waals surface area (Å²) in [6, 6.07) is 0. The Balaban J connectivity index is 4.00. The van der Waals surface area contributed by atoms with Crippen LogP contribution in [0.2, 0.25) is 0 Å². The van der Waals surface area contributed by atoms with E-state index in [1.54, 1.807) is 0 Å². The zero-order chi connectivity index (χ0) is 26.4. The molecule has 0 aliphatic rings. The summed E-state index contributed by atoms with van der Waals surface area (Å²) in [4.78, 5) is 0. The minimum atomic E-state index is -0.372. The molecular formula is C35H72O. The van der Waals surface area contributed by atoms with Crippen LogP contribution >= 0.6 is 0 Å². The minimum Gasteiger partial charge on any atom is -0.390 e. The van der Waals surface area contributed by atoms with Crippen molar-refractivity contribution in [2.75, 3.05) is 0 Å². The lowest BCUT2D eigenvalue weighted by Crippen LogP contribution is -2.28. The largest absolute Gasteiger partial charge is 0.390 e. The Morgan fingerprint density at radius 2 is 0.444 bits per heavy atom. The Kier molecular flexibility index (Phi) is 29.5. The summed E-state index contributed by atoms with van der Waals surface area (Å²) in [5.41, 5.74) is -0.372. The second-order valence-corrected chi connectivity index (χ2v) is 12.3. The monoisotopic (exact) mass is 509 g/mol. The summed E-state index contributed by atoms with van der Waals surface area (Å²) in [6.07, 6.45) is 41.7. The molecule has 0 bridgehead atoms. The van der Waals surface area contributed by atoms with E-state index in [-0.39, 0.29) is 5.60 Å². The van der Waals surface area contributed by atoms with Gasteiger partial charge < -0.3 is 5.11 Å². The van der Waals surface area contributed by atoms with Gasteiger partial charge in [-0.3, -0.25) is 0 Å². The smallest absolute Gasteiger partial charge is 0.0647 e. The van der Waals surface area contributed by atoms with Crippen molar-refractivity contribution in [2.24, 2.45) is 0 Å². The highest BCUT2D eigenvalue weighted by molar-refractivity contribution is 4.78. The molecule has 36 heavy (non-hydrogen) atoms. The third kappa shape index (κ3) is 27.0. The molecule has 0 rings (SSSR count). The van der Waals surface area contributed by atoms with Crippen molar-refractivity contribution in [3.8, 4) is 0 Å². The molecule has 0 saturated heterocycles. The molecule has 1 heteroatoms. The van der Waals surface area contributed by atoms with E-state index in [2.05, 4.69) is 20.8 Å². The first-order valence-corrected chi connectivity index (χ1v) is 17.4. The summed E-state index contributed by atoms with van der Waals surface area (Å²) < 4.78 is 0. The van der Waals surface area contributed by atoms with Crippen LogP contribution in [-0.2, 0) is 0 Å². The molecule has 0 aromatic carbocycles. The van der Waals surface area contributed by atoms with Crippen LogP contribution in [0.5, 0.6) is 0 Å². The van der Waals surface area contributed by atoms with E-state index in [1.165, 1.54) is 180 Å². The first-order valence-electron chi connectivity index (χ1n) is 17.4. The summed E-state index contributed by atoms with van der Waals surface area (Å²) in [5, 5.41) is 11.5. The van der Waals surface area contributed by atoms with E-state index in [4.69, 9.17) is 0 Å². The lowest BCUT2D eigenvalue weighted by Gasteiger charge is -2.29. The Labute approximate surface area is 230 Å². The Morgan fingerprint density at radius 1 is 0.278 bits per heavy atom. The van der Waals surface area contributed by atoms with Gasteiger partial charge in [0.25, 0.3) is 0 Å². The van der Waals surface area contributed by atoms with E-state index in [9.17, 15) is 5.11 Å². The van der Waals surface area contributed by atoms with Crippen molar-refractivity contribution in [1.82, 2.24) is 0 Å². The molecule has 1 N–H and O–H groups in total. The summed E-state index contributed by atoms with van der Waals surface area (Å²) in [5.74, 6) is 0. The molecule has 1 nitrogen and oxygen atoms in total. The third-order valence-corrected chi connectivity index (χ3v) is 8.49. The Bertz CT molecular complexity index is 370. The van der Waals surface area contributed by atoms with Crippen molar-refractivity contribution in [1.29, 1.82) is 0 Å². The minimum absolute atomic E-state index is 0.372. The Morgan fingerprint density at radius 3 is 0.639 bits per heavy atom. The maximum atomic E-state index is 11.5. The molecule has 0 aromatic rings. The molecule has 0 saturated carbocycles. The van der Waals surface area contributed by atoms with E-state index in [1.807, 2.05) is 0 Å². The van der Waals surface area contributed by atoms with E-state index >= 15 is 0 Å². The quantitative estimate of drug-likeness (QED) is 0.0923. The van der Waals surface area contributed by atoms with Crippen LogP contribution in [-0.4, -0.2) is 10.7 Å². The molecule has 0 amide bonds. The number of hydrogen-bond acceptors (Lipinski definition) is 1. The first-order chi connectivity index (χ1) is 17.7. The third-order valence-electron chi connectivity index (χ3n) is 8.49. The summed E-state index contributed by atoms with van der Waals surface area (Å²) >= 11 is 0. The number of aliphatic hydroxyl groups is 1. The molecular weight excluding hydrogens is 436 g/mol. The van der Waals surface area contributed by atoms with Crippen LogP contribution < -0.4 is 0 Å². The molecule has 0 aliphatic heterocycles. The van der Waals surface area contributed by atoms with Gasteiger partial charge in [0, 0.05) is 0 Å². The zero-order valence-corrected chi connectivity index (χ0v) is 25.9. The van der Waals surface area contributed by atoms with Gasteiger partial charge in [-0.15, -0.1) is 0 Å². The second-order valence-electron chi connectivity index (χ2n) is 12.3. The number of hydrogen-bond donors (Lipinski definition) is 1. The van der Waals surface area contributed by atoms with E-state index in [0.29, 0.717) is 0 Å². The summed E-state index contributed by atoms with van der Waals surface area (Å²) in [6.45, 7) is 6.89. The fourth-order valence-electron chi connectivity index (χ4n) is 5.85. The highest BCUT2D eigenvalue weighted by atomic mass is 16.3. The molecule has 0 atom stereocenters. The van der Waals surface area contributed by atoms with Gasteiger partial charge in [-0.25, -0.2) is 0 Å². The first kappa shape index (κ1) is 36.0. The average Bonchev–Trinajstić information content (AvgIpc) is 2.88. The van der Waals surface area contributed by atoms with Crippen LogP contribution in [0.15, 0.2) is 0 Å². The van der Waals surface area contributed by atoms with Crippen LogP contribution in [0, 0.1) is 0 Å². The summed E-state index contributed by atoms with van der Waals surface area (Å²) in [7, 11) is 0. The lowest BCUT2D eigenvalue weighted by molar-refractivity contribution is 0.00704. The van der Waals surface area contributed by atoms with Gasteiger partial charge >= 0.3 is 0 Å². The van der Waals surface area contributed by atoms with Gasteiger partial charge in [0.05, 0.1) is 5.60 Å². The van der Waals surface area contributed by atoms with Crippen LogP contribution in [0.25, 0.3) is 0 Å². The van der Waals surface area contributed by atoms with Gasteiger partial charge in [0.15, 0.2) is 0 Å². The fourth-order valence-corrected chi connectivity index (χ4v) is 5.85. The van der Waals surface area contributed by atoms with Crippen LogP contribution in [0.1, 0.15) is 220 Å². The average molecular weight is 509 g/mol. The van der Waals surface area contributed by atoms with Crippen molar-refractivity contribution < 1.29 is 5.11 Å². The van der Waals surface area contributed by atoms with E-state index < -0.39 is 0 Å². The maximum absolute atomic E-state index is 11.5. The molecule has 0 aliphatic carbocycles. The molecule has 0 aromatic heterocycles. The zero-order valence-electron chi connectivity index (χ0n) is 25.9. The molecule has 0 spiro atoms. The highest BCUT2D eigenvalue weighted by Gasteiger charge is 2.25. The Hall–Kier alpha value is -0.0400. The van der Waals surface area contributed by atoms with Crippen molar-refractivity contribution in [3.05, 3.63) is 0 Å². The van der Waals surface area contributed by atoms with Gasteiger partial charge in [-0.05, 0) is 19.3 Å². The topological polar surface area (TPSA) is 20.2 Å². The lowest BCUT2D eigenvalue weighted by atomic mass is 9.85. The standard InChI is InChI=1S/C35H72O/c1-4-7-10-13-16-19-20-21-22-25-28-31-34-35(36,32-29-26-23-17-14-11-8-5-2)33-30-27-24-18-15-12-9-6-3/h36H,4-34H2,1-3H3. The molecule has 0 radical (unpaired) electrons. The second kappa shape index (κ2) is 29.5. The molecule has 0 heterocycles. The van der Waals surface area contributed by atoms with Gasteiger partial charge in [-0.2, -0.15) is 0 Å². The van der Waals surface area contributed by atoms with Crippen molar-refractivity contribution in [2.45, 2.75) is 225 Å². The van der Waals surface area contributed by atoms with Gasteiger partial charge in [0.2, 0.25) is 0 Å². The predicted molar refractivity (Wildman–Crippen MR) is 165 cm³/mol. The van der Waals surface area contributed by atoms with Gasteiger partial charge in [0.1, 0.15) is 0 Å². The molecule has 218 valence electrons. The molecule has 0 unspecified atom stereocenters. The SMILES string of the molecule is CCCCCCCCCCCCCCC(O)(CCCCCCCCCC)CCCCCCCCCC. The van der Waals surface area contributed by atoms with Crippen molar-refractivity contribution in [3.63, 3.8) is 0 Å². The fraction of sp³-hybridized carbons (Fsp3) is 1.00. The van der Waals surface area contributed by atoms with Crippen LogP contribution in [0.3, 0.4) is 0 Å². The number of rotatable bonds is 31. The van der Waals surface area contributed by atoms with Gasteiger partial charge in [-0.1, -0.05) is 201 Å². The van der Waals surface area contributed by atoms with Crippen LogP contribution in [0.4, 0.5) is 0 Å². The maximum Gasteiger partial charge on any atom is 0.0647 e. The normalized spacial score (nSPS) is 12.0. The highest BCUT2D eigenvalue weighted by Crippen LogP contribution is 2.29. The number of unbranched alkanes of at least 4 members (excludes halogenated alkanes) is 25.